The van der Waals surface area contributed by atoms with E-state index in [4.69, 9.17) is 4.74 Å². The van der Waals surface area contributed by atoms with Crippen molar-refractivity contribution in [3.8, 4) is 22.6 Å². The topological polar surface area (TPSA) is 144 Å². The van der Waals surface area contributed by atoms with Gasteiger partial charge >= 0.3 is 6.09 Å². The van der Waals surface area contributed by atoms with Crippen LogP contribution in [0.5, 0.6) is 11.5 Å². The van der Waals surface area contributed by atoms with E-state index in [-0.39, 0.29) is 11.3 Å². The van der Waals surface area contributed by atoms with E-state index in [2.05, 4.69) is 15.6 Å². The molecule has 1 amide bonds. The van der Waals surface area contributed by atoms with Gasteiger partial charge in [-0.2, -0.15) is 0 Å². The summed E-state index contributed by atoms with van der Waals surface area (Å²) in [5, 5.41) is 37.0. The maximum absolute atomic E-state index is 11.7. The molecule has 5 rings (SSSR count). The smallest absolute Gasteiger partial charge is 0.405 e. The molecule has 9 heteroatoms. The highest BCUT2D eigenvalue weighted by Crippen LogP contribution is 2.32. The van der Waals surface area contributed by atoms with E-state index >= 15 is 0 Å². The largest absolute Gasteiger partial charge is 0.506 e. The zero-order chi connectivity index (χ0) is 34.4. The Morgan fingerprint density at radius 2 is 1.45 bits per heavy atom. The van der Waals surface area contributed by atoms with Crippen LogP contribution < -0.4 is 20.9 Å². The lowest BCUT2D eigenvalue weighted by Gasteiger charge is -2.20. The average Bonchev–Trinajstić information content (AvgIpc) is 3.12. The molecule has 5 aromatic rings. The number of phenols is 1. The van der Waals surface area contributed by atoms with Crippen molar-refractivity contribution in [3.63, 3.8) is 0 Å². The number of unbranched alkanes of at least 4 members (excludes halogenated alkanes) is 6. The standard InChI is InChI=1S/C40H45N3O6/c44-35-20-18-33(34-19-21-37(46)42-39(34)35)36(45)27-41-22-12-4-2-1-3-5-13-23-49-32-25-30(28-14-8-6-9-15-28)24-31(26-32)38(43-40(47)48)29-16-10-7-11-17-29/h6-11,14-21,24-26,36,38,41,43-45H,1-5,12-13,22-23,27H2,(H,42,46)(H,47,48). The molecule has 49 heavy (non-hydrogen) atoms. The molecule has 256 valence electrons. The fourth-order valence-electron chi connectivity index (χ4n) is 6.12. The first-order valence-electron chi connectivity index (χ1n) is 17.0. The van der Waals surface area contributed by atoms with E-state index in [9.17, 15) is 24.9 Å². The number of aromatic nitrogens is 1. The van der Waals surface area contributed by atoms with Crippen molar-refractivity contribution in [2.24, 2.45) is 0 Å². The Balaban J connectivity index is 1.03. The number of carbonyl (C=O) groups is 1. The Morgan fingerprint density at radius 3 is 2.18 bits per heavy atom. The van der Waals surface area contributed by atoms with Gasteiger partial charge in [-0.25, -0.2) is 4.79 Å². The van der Waals surface area contributed by atoms with Crippen molar-refractivity contribution in [3.05, 3.63) is 130 Å². The number of aromatic hydroxyl groups is 1. The second-order valence-electron chi connectivity index (χ2n) is 12.3. The van der Waals surface area contributed by atoms with Crippen molar-refractivity contribution >= 4 is 17.0 Å². The van der Waals surface area contributed by atoms with E-state index in [0.717, 1.165) is 79.5 Å². The minimum Gasteiger partial charge on any atom is -0.506 e. The number of carboxylic acid groups (broad SMARTS) is 1. The van der Waals surface area contributed by atoms with Crippen molar-refractivity contribution in [2.75, 3.05) is 19.7 Å². The number of benzene rings is 4. The highest BCUT2D eigenvalue weighted by atomic mass is 16.5. The van der Waals surface area contributed by atoms with Crippen LogP contribution in [0.3, 0.4) is 0 Å². The third-order valence-electron chi connectivity index (χ3n) is 8.64. The van der Waals surface area contributed by atoms with Gasteiger partial charge in [0.05, 0.1) is 24.3 Å². The molecule has 0 spiro atoms. The highest BCUT2D eigenvalue weighted by molar-refractivity contribution is 5.87. The highest BCUT2D eigenvalue weighted by Gasteiger charge is 2.19. The summed E-state index contributed by atoms with van der Waals surface area (Å²) in [4.78, 5) is 26.0. The molecule has 0 saturated heterocycles. The Labute approximate surface area is 286 Å². The van der Waals surface area contributed by atoms with Gasteiger partial charge < -0.3 is 35.7 Å². The first kappa shape index (κ1) is 35.2. The number of nitrogens with one attached hydrogen (secondary N) is 3. The summed E-state index contributed by atoms with van der Waals surface area (Å²) in [7, 11) is 0. The van der Waals surface area contributed by atoms with Crippen LogP contribution in [0, 0.1) is 0 Å². The number of aliphatic hydroxyl groups excluding tert-OH is 1. The van der Waals surface area contributed by atoms with Crippen LogP contribution in [0.4, 0.5) is 4.79 Å². The van der Waals surface area contributed by atoms with Gasteiger partial charge in [-0.05, 0) is 77.5 Å². The van der Waals surface area contributed by atoms with E-state index in [1.165, 1.54) is 12.1 Å². The molecule has 0 bridgehead atoms. The third kappa shape index (κ3) is 10.2. The fourth-order valence-corrected chi connectivity index (χ4v) is 6.12. The molecule has 9 nitrogen and oxygen atoms in total. The molecule has 0 fully saturated rings. The first-order chi connectivity index (χ1) is 23.9. The predicted molar refractivity (Wildman–Crippen MR) is 193 cm³/mol. The number of aromatic amines is 1. The van der Waals surface area contributed by atoms with Gasteiger partial charge in [0, 0.05) is 18.0 Å². The van der Waals surface area contributed by atoms with Crippen molar-refractivity contribution in [1.29, 1.82) is 0 Å². The van der Waals surface area contributed by atoms with Crippen LogP contribution in [0.2, 0.25) is 0 Å². The molecule has 2 unspecified atom stereocenters. The maximum Gasteiger partial charge on any atom is 0.405 e. The minimum absolute atomic E-state index is 0.0173. The molecule has 1 heterocycles. The van der Waals surface area contributed by atoms with Crippen LogP contribution >= 0.6 is 0 Å². The summed E-state index contributed by atoms with van der Waals surface area (Å²) in [6.45, 7) is 1.77. The SMILES string of the molecule is O=C(O)NC(c1ccccc1)c1cc(OCCCCCCCCCNCC(O)c2ccc(O)c3[nH]c(=O)ccc23)cc(-c2ccccc2)c1. The monoisotopic (exact) mass is 663 g/mol. The van der Waals surface area contributed by atoms with Gasteiger partial charge in [-0.15, -0.1) is 0 Å². The molecular weight excluding hydrogens is 618 g/mol. The molecule has 2 atom stereocenters. The van der Waals surface area contributed by atoms with E-state index < -0.39 is 18.2 Å². The van der Waals surface area contributed by atoms with Crippen LogP contribution in [-0.4, -0.2) is 46.1 Å². The summed E-state index contributed by atoms with van der Waals surface area (Å²) < 4.78 is 6.23. The van der Waals surface area contributed by atoms with E-state index in [1.54, 1.807) is 12.1 Å². The fraction of sp³-hybridized carbons (Fsp3) is 0.300. The summed E-state index contributed by atoms with van der Waals surface area (Å²) in [5.74, 6) is 0.701. The maximum atomic E-state index is 11.7. The summed E-state index contributed by atoms with van der Waals surface area (Å²) in [6.07, 6.45) is 5.68. The van der Waals surface area contributed by atoms with E-state index in [0.29, 0.717) is 29.6 Å². The summed E-state index contributed by atoms with van der Waals surface area (Å²) in [6, 6.07) is 31.2. The van der Waals surface area contributed by atoms with Crippen molar-refractivity contribution in [2.45, 2.75) is 57.1 Å². The zero-order valence-corrected chi connectivity index (χ0v) is 27.6. The average molecular weight is 664 g/mol. The lowest BCUT2D eigenvalue weighted by Crippen LogP contribution is -2.27. The number of hydrogen-bond acceptors (Lipinski definition) is 6. The first-order valence-corrected chi connectivity index (χ1v) is 17.0. The van der Waals surface area contributed by atoms with Gasteiger partial charge in [0.25, 0.3) is 0 Å². The van der Waals surface area contributed by atoms with Crippen LogP contribution in [0.25, 0.3) is 22.0 Å². The Bertz CT molecular complexity index is 1840. The number of hydrogen-bond donors (Lipinski definition) is 6. The predicted octanol–water partition coefficient (Wildman–Crippen LogP) is 7.69. The molecule has 6 N–H and O–H groups in total. The zero-order valence-electron chi connectivity index (χ0n) is 27.6. The van der Waals surface area contributed by atoms with Gasteiger partial charge in [0.1, 0.15) is 11.5 Å². The number of rotatable bonds is 18. The second-order valence-corrected chi connectivity index (χ2v) is 12.3. The molecular formula is C40H45N3O6. The molecule has 1 aromatic heterocycles. The number of pyridine rings is 1. The Morgan fingerprint density at radius 1 is 0.755 bits per heavy atom. The van der Waals surface area contributed by atoms with Crippen LogP contribution in [0.15, 0.2) is 108 Å². The number of phenolic OH excluding ortho intramolecular Hbond substituents is 1. The lowest BCUT2D eigenvalue weighted by atomic mass is 9.94. The number of fused-ring (bicyclic) bond motifs is 1. The number of H-pyrrole nitrogens is 1. The summed E-state index contributed by atoms with van der Waals surface area (Å²) >= 11 is 0. The number of ether oxygens (including phenoxy) is 1. The molecule has 0 aliphatic carbocycles. The van der Waals surface area contributed by atoms with Gasteiger partial charge in [0.15, 0.2) is 0 Å². The quantitative estimate of drug-likeness (QED) is 0.0528. The normalized spacial score (nSPS) is 12.4. The molecule has 0 saturated carbocycles. The second kappa shape index (κ2) is 17.9. The van der Waals surface area contributed by atoms with Crippen LogP contribution in [-0.2, 0) is 0 Å². The Kier molecular flexibility index (Phi) is 12.8. The molecule has 4 aromatic carbocycles. The van der Waals surface area contributed by atoms with Crippen molar-refractivity contribution in [1.82, 2.24) is 15.6 Å². The van der Waals surface area contributed by atoms with Crippen LogP contribution in [0.1, 0.15) is 73.8 Å². The minimum atomic E-state index is -1.09. The molecule has 0 aliphatic rings. The molecule has 0 radical (unpaired) electrons. The van der Waals surface area contributed by atoms with Crippen molar-refractivity contribution < 1.29 is 24.9 Å². The molecule has 0 aliphatic heterocycles. The van der Waals surface area contributed by atoms with E-state index in [1.807, 2.05) is 78.9 Å². The lowest BCUT2D eigenvalue weighted by molar-refractivity contribution is 0.176. The van der Waals surface area contributed by atoms with Gasteiger partial charge in [-0.3, -0.25) is 4.79 Å². The number of aliphatic hydroxyl groups is 1. The Hall–Kier alpha value is -5.12. The third-order valence-corrected chi connectivity index (χ3v) is 8.64. The van der Waals surface area contributed by atoms with Gasteiger partial charge in [-0.1, -0.05) is 98.8 Å². The summed E-state index contributed by atoms with van der Waals surface area (Å²) in [5.41, 5.74) is 4.38. The van der Waals surface area contributed by atoms with Gasteiger partial charge in [0.2, 0.25) is 5.56 Å². The number of amides is 1.